The van der Waals surface area contributed by atoms with Gasteiger partial charge in [-0.3, -0.25) is 9.50 Å². The lowest BCUT2D eigenvalue weighted by Crippen LogP contribution is -2.28. The summed E-state index contributed by atoms with van der Waals surface area (Å²) in [7, 11) is -3.87. The molecule has 3 heterocycles. The second kappa shape index (κ2) is 5.10. The smallest absolute Gasteiger partial charge is 0.260 e. The molecule has 3 rings (SSSR count). The Morgan fingerprint density at radius 3 is 2.95 bits per heavy atom. The molecule has 0 saturated carbocycles. The highest BCUT2D eigenvalue weighted by atomic mass is 35.5. The number of nitrogens with one attached hydrogen (secondary N) is 2. The molecule has 3 aromatic rings. The maximum absolute atomic E-state index is 12.5. The molecule has 0 aliphatic carbocycles. The Morgan fingerprint density at radius 2 is 2.24 bits per heavy atom. The molecular weight excluding hydrogens is 316 g/mol. The van der Waals surface area contributed by atoms with Crippen molar-refractivity contribution in [1.29, 1.82) is 0 Å². The van der Waals surface area contributed by atoms with Gasteiger partial charge < -0.3 is 0 Å². The molecule has 2 N–H and O–H groups in total. The number of hydrogen-bond donors (Lipinski definition) is 2. The van der Waals surface area contributed by atoms with Crippen molar-refractivity contribution in [2.24, 2.45) is 0 Å². The first kappa shape index (κ1) is 14.0. The van der Waals surface area contributed by atoms with Gasteiger partial charge in [0, 0.05) is 6.20 Å². The van der Waals surface area contributed by atoms with Crippen LogP contribution in [-0.4, -0.2) is 33.0 Å². The lowest BCUT2D eigenvalue weighted by molar-refractivity contribution is 0.556. The fourth-order valence-electron chi connectivity index (χ4n) is 1.95. The lowest BCUT2D eigenvalue weighted by Gasteiger charge is -2.11. The van der Waals surface area contributed by atoms with Crippen LogP contribution in [0.25, 0.3) is 5.65 Å². The number of pyridine rings is 1. The van der Waals surface area contributed by atoms with E-state index in [1.54, 1.807) is 31.3 Å². The summed E-state index contributed by atoms with van der Waals surface area (Å²) in [5.41, 5.74) is 0.454. The van der Waals surface area contributed by atoms with E-state index in [0.717, 1.165) is 0 Å². The summed E-state index contributed by atoms with van der Waals surface area (Å²) in [4.78, 5) is 7.94. The van der Waals surface area contributed by atoms with Crippen LogP contribution in [0.4, 0.5) is 0 Å². The first-order chi connectivity index (χ1) is 9.99. The Labute approximate surface area is 125 Å². The monoisotopic (exact) mass is 326 g/mol. The van der Waals surface area contributed by atoms with Crippen molar-refractivity contribution >= 4 is 27.3 Å². The van der Waals surface area contributed by atoms with Crippen LogP contribution in [0, 0.1) is 0 Å². The average Bonchev–Trinajstić information content (AvgIpc) is 3.04. The molecule has 1 unspecified atom stereocenters. The normalized spacial score (nSPS) is 13.6. The summed E-state index contributed by atoms with van der Waals surface area (Å²) in [6.45, 7) is 1.65. The van der Waals surface area contributed by atoms with Crippen LogP contribution in [0.2, 0.25) is 5.15 Å². The van der Waals surface area contributed by atoms with Crippen LogP contribution in [0.3, 0.4) is 0 Å². The number of sulfonamides is 1. The number of imidazole rings is 1. The van der Waals surface area contributed by atoms with Gasteiger partial charge >= 0.3 is 0 Å². The van der Waals surface area contributed by atoms with Crippen LogP contribution in [0.15, 0.2) is 35.7 Å². The number of fused-ring (bicyclic) bond motifs is 1. The summed E-state index contributed by atoms with van der Waals surface area (Å²) in [5.74, 6) is 0.406. The highest BCUT2D eigenvalue weighted by molar-refractivity contribution is 7.89. The second-order valence-electron chi connectivity index (χ2n) is 4.35. The Kier molecular flexibility index (Phi) is 3.40. The number of H-pyrrole nitrogens is 1. The van der Waals surface area contributed by atoms with Crippen LogP contribution < -0.4 is 4.72 Å². The number of hydrogen-bond acceptors (Lipinski definition) is 5. The van der Waals surface area contributed by atoms with Crippen molar-refractivity contribution in [1.82, 2.24) is 29.3 Å². The second-order valence-corrected chi connectivity index (χ2v) is 6.34. The van der Waals surface area contributed by atoms with Gasteiger partial charge in [0.05, 0.1) is 6.04 Å². The van der Waals surface area contributed by atoms with Crippen molar-refractivity contribution in [2.75, 3.05) is 0 Å². The molecule has 0 aliphatic rings. The van der Waals surface area contributed by atoms with Gasteiger partial charge in [-0.15, -0.1) is 0 Å². The van der Waals surface area contributed by atoms with Gasteiger partial charge in [0.25, 0.3) is 10.0 Å². The van der Waals surface area contributed by atoms with E-state index >= 15 is 0 Å². The van der Waals surface area contributed by atoms with Crippen LogP contribution in [0.5, 0.6) is 0 Å². The highest BCUT2D eigenvalue weighted by Gasteiger charge is 2.27. The minimum atomic E-state index is -3.87. The number of rotatable bonds is 4. The lowest BCUT2D eigenvalue weighted by atomic mass is 10.3. The molecule has 0 saturated heterocycles. The van der Waals surface area contributed by atoms with Gasteiger partial charge in [0.15, 0.2) is 10.2 Å². The number of halogens is 1. The molecule has 3 aromatic heterocycles. The van der Waals surface area contributed by atoms with E-state index in [0.29, 0.717) is 11.5 Å². The van der Waals surface area contributed by atoms with Gasteiger partial charge in [-0.25, -0.2) is 18.4 Å². The summed E-state index contributed by atoms with van der Waals surface area (Å²) >= 11 is 5.97. The van der Waals surface area contributed by atoms with Crippen molar-refractivity contribution in [3.05, 3.63) is 41.7 Å². The van der Waals surface area contributed by atoms with Gasteiger partial charge in [0.2, 0.25) is 0 Å². The first-order valence-corrected chi connectivity index (χ1v) is 7.85. The molecule has 0 bridgehead atoms. The van der Waals surface area contributed by atoms with Gasteiger partial charge in [-0.2, -0.15) is 9.82 Å². The fourth-order valence-corrected chi connectivity index (χ4v) is 3.80. The quantitative estimate of drug-likeness (QED) is 0.748. The minimum absolute atomic E-state index is 0.0848. The number of aromatic nitrogens is 5. The molecule has 0 aromatic carbocycles. The van der Waals surface area contributed by atoms with Crippen molar-refractivity contribution < 1.29 is 8.42 Å². The van der Waals surface area contributed by atoms with Crippen molar-refractivity contribution in [3.8, 4) is 0 Å². The molecule has 0 amide bonds. The molecule has 10 heteroatoms. The molecule has 21 heavy (non-hydrogen) atoms. The van der Waals surface area contributed by atoms with E-state index in [1.165, 1.54) is 10.7 Å². The zero-order valence-corrected chi connectivity index (χ0v) is 12.4. The number of aromatic amines is 1. The van der Waals surface area contributed by atoms with E-state index in [-0.39, 0.29) is 10.2 Å². The summed E-state index contributed by atoms with van der Waals surface area (Å²) in [5, 5.41) is 6.11. The molecule has 1 atom stereocenters. The molecule has 110 valence electrons. The van der Waals surface area contributed by atoms with Gasteiger partial charge in [0.1, 0.15) is 17.8 Å². The summed E-state index contributed by atoms with van der Waals surface area (Å²) in [6, 6.07) is 4.54. The topological polar surface area (TPSA) is 105 Å². The van der Waals surface area contributed by atoms with E-state index < -0.39 is 16.1 Å². The third-order valence-electron chi connectivity index (χ3n) is 2.88. The standard InChI is InChI=1S/C11H11ClN6O2S/c1-7(10-13-6-14-16-10)17-21(19,20)11-9(12)15-8-4-2-3-5-18(8)11/h2-7,17H,1H3,(H,13,14,16). The van der Waals surface area contributed by atoms with Crippen molar-refractivity contribution in [3.63, 3.8) is 0 Å². The molecule has 0 aliphatic heterocycles. The predicted octanol–water partition coefficient (Wildman–Crippen LogP) is 1.15. The molecule has 0 fully saturated rings. The number of nitrogens with zero attached hydrogens (tertiary/aromatic N) is 4. The predicted molar refractivity (Wildman–Crippen MR) is 75.3 cm³/mol. The largest absolute Gasteiger partial charge is 0.288 e. The van der Waals surface area contributed by atoms with Gasteiger partial charge in [-0.1, -0.05) is 17.7 Å². The first-order valence-electron chi connectivity index (χ1n) is 5.99. The fraction of sp³-hybridized carbons (Fsp3) is 0.182. The van der Waals surface area contributed by atoms with E-state index in [2.05, 4.69) is 24.9 Å². The minimum Gasteiger partial charge on any atom is -0.288 e. The maximum atomic E-state index is 12.5. The Balaban J connectivity index is 2.03. The molecule has 0 spiro atoms. The van der Waals surface area contributed by atoms with Crippen LogP contribution in [-0.2, 0) is 10.0 Å². The maximum Gasteiger partial charge on any atom is 0.260 e. The third-order valence-corrected chi connectivity index (χ3v) is 4.82. The Morgan fingerprint density at radius 1 is 1.43 bits per heavy atom. The van der Waals surface area contributed by atoms with Crippen LogP contribution >= 0.6 is 11.6 Å². The van der Waals surface area contributed by atoms with E-state index in [9.17, 15) is 8.42 Å². The zero-order chi connectivity index (χ0) is 15.0. The Bertz CT molecular complexity index is 873. The summed E-state index contributed by atoms with van der Waals surface area (Å²) in [6.07, 6.45) is 2.89. The molecule has 8 nitrogen and oxygen atoms in total. The third kappa shape index (κ3) is 2.50. The van der Waals surface area contributed by atoms with E-state index in [1.807, 2.05) is 0 Å². The van der Waals surface area contributed by atoms with Crippen LogP contribution in [0.1, 0.15) is 18.8 Å². The zero-order valence-electron chi connectivity index (χ0n) is 10.9. The SMILES string of the molecule is CC(NS(=O)(=O)c1c(Cl)nc2ccccn12)c1ncn[nH]1. The molecule has 0 radical (unpaired) electrons. The summed E-state index contributed by atoms with van der Waals surface area (Å²) < 4.78 is 28.9. The highest BCUT2D eigenvalue weighted by Crippen LogP contribution is 2.23. The van der Waals surface area contributed by atoms with E-state index in [4.69, 9.17) is 11.6 Å². The molecular formula is C11H11ClN6O2S. The Hall–Kier alpha value is -1.97. The average molecular weight is 327 g/mol. The van der Waals surface area contributed by atoms with Crippen molar-refractivity contribution in [2.45, 2.75) is 18.0 Å². The van der Waals surface area contributed by atoms with Gasteiger partial charge in [-0.05, 0) is 19.1 Å².